The molecule has 1 aromatic carbocycles. The summed E-state index contributed by atoms with van der Waals surface area (Å²) in [6.45, 7) is 1.11. The molecule has 25 heavy (non-hydrogen) atoms. The zero-order valence-corrected chi connectivity index (χ0v) is 14.1. The molecule has 1 saturated carbocycles. The Balaban J connectivity index is 1.54. The van der Waals surface area contributed by atoms with Crippen LogP contribution in [0.3, 0.4) is 0 Å². The molecule has 1 aliphatic carbocycles. The lowest BCUT2D eigenvalue weighted by Gasteiger charge is -2.27. The van der Waals surface area contributed by atoms with Crippen LogP contribution >= 0.6 is 0 Å². The Hall–Kier alpha value is -1.95. The van der Waals surface area contributed by atoms with Crippen LogP contribution in [0.5, 0.6) is 0 Å². The highest BCUT2D eigenvalue weighted by Crippen LogP contribution is 2.34. The van der Waals surface area contributed by atoms with Crippen molar-refractivity contribution in [2.45, 2.75) is 38.2 Å². The van der Waals surface area contributed by atoms with Crippen molar-refractivity contribution in [2.75, 3.05) is 13.2 Å². The molecule has 1 aliphatic heterocycles. The highest BCUT2D eigenvalue weighted by Gasteiger charge is 2.33. The summed E-state index contributed by atoms with van der Waals surface area (Å²) < 4.78 is 18.8. The lowest BCUT2D eigenvalue weighted by atomic mass is 9.81. The van der Waals surface area contributed by atoms with E-state index >= 15 is 0 Å². The number of hydrogen-bond acceptors (Lipinski definition) is 3. The first kappa shape index (κ1) is 17.9. The van der Waals surface area contributed by atoms with Gasteiger partial charge in [0.05, 0.1) is 12.0 Å². The average Bonchev–Trinajstić information content (AvgIpc) is 3.09. The van der Waals surface area contributed by atoms with Crippen LogP contribution in [0.25, 0.3) is 0 Å². The smallest absolute Gasteiger partial charge is 0.306 e. The van der Waals surface area contributed by atoms with Crippen molar-refractivity contribution in [1.82, 2.24) is 5.32 Å². The second kappa shape index (κ2) is 7.95. The Labute approximate surface area is 146 Å². The maximum absolute atomic E-state index is 13.1. The fourth-order valence-electron chi connectivity index (χ4n) is 3.89. The Morgan fingerprint density at radius 3 is 2.60 bits per heavy atom. The van der Waals surface area contributed by atoms with Gasteiger partial charge in [-0.2, -0.15) is 0 Å². The number of rotatable bonds is 5. The zero-order chi connectivity index (χ0) is 17.8. The van der Waals surface area contributed by atoms with Crippen molar-refractivity contribution < 1.29 is 23.8 Å². The van der Waals surface area contributed by atoms with Crippen LogP contribution in [-0.2, 0) is 14.3 Å². The molecule has 1 aromatic rings. The topological polar surface area (TPSA) is 75.6 Å². The summed E-state index contributed by atoms with van der Waals surface area (Å²) in [5.41, 5.74) is 0.918. The summed E-state index contributed by atoms with van der Waals surface area (Å²) in [7, 11) is 0. The fraction of sp³-hybridized carbons (Fsp3) is 0.579. The first-order valence-electron chi connectivity index (χ1n) is 8.92. The summed E-state index contributed by atoms with van der Waals surface area (Å²) in [6.07, 6.45) is 3.30. The van der Waals surface area contributed by atoms with Crippen molar-refractivity contribution in [2.24, 2.45) is 17.8 Å². The van der Waals surface area contributed by atoms with Crippen LogP contribution in [-0.4, -0.2) is 30.1 Å². The second-order valence-electron chi connectivity index (χ2n) is 7.04. The van der Waals surface area contributed by atoms with Gasteiger partial charge < -0.3 is 15.2 Å². The summed E-state index contributed by atoms with van der Waals surface area (Å²) >= 11 is 0. The first-order valence-corrected chi connectivity index (χ1v) is 8.92. The van der Waals surface area contributed by atoms with Gasteiger partial charge in [0.2, 0.25) is 5.91 Å². The SMILES string of the molecule is O=C(O)C1CCCC(C(=O)NC[C@@H]2CCO[C@H]2c2ccc(F)cc2)C1. The van der Waals surface area contributed by atoms with E-state index in [1.807, 2.05) is 0 Å². The molecule has 0 aromatic heterocycles. The van der Waals surface area contributed by atoms with Crippen LogP contribution in [0, 0.1) is 23.6 Å². The van der Waals surface area contributed by atoms with E-state index in [9.17, 15) is 14.0 Å². The molecule has 1 amide bonds. The molecule has 0 spiro atoms. The maximum Gasteiger partial charge on any atom is 0.306 e. The number of hydrogen-bond donors (Lipinski definition) is 2. The molecule has 4 atom stereocenters. The third kappa shape index (κ3) is 4.37. The quantitative estimate of drug-likeness (QED) is 0.857. The summed E-state index contributed by atoms with van der Waals surface area (Å²) in [6, 6.07) is 6.28. The first-order chi connectivity index (χ1) is 12.0. The van der Waals surface area contributed by atoms with Crippen LogP contribution in [0.1, 0.15) is 43.8 Å². The molecule has 1 heterocycles. The number of carboxylic acids is 1. The average molecular weight is 349 g/mol. The van der Waals surface area contributed by atoms with Crippen molar-refractivity contribution in [3.8, 4) is 0 Å². The minimum Gasteiger partial charge on any atom is -0.481 e. The number of ether oxygens (including phenoxy) is 1. The van der Waals surface area contributed by atoms with Gasteiger partial charge >= 0.3 is 5.97 Å². The largest absolute Gasteiger partial charge is 0.481 e. The van der Waals surface area contributed by atoms with Gasteiger partial charge in [-0.3, -0.25) is 9.59 Å². The van der Waals surface area contributed by atoms with Gasteiger partial charge in [0.15, 0.2) is 0 Å². The molecule has 1 saturated heterocycles. The van der Waals surface area contributed by atoms with E-state index in [0.717, 1.165) is 24.8 Å². The van der Waals surface area contributed by atoms with E-state index < -0.39 is 11.9 Å². The summed E-state index contributed by atoms with van der Waals surface area (Å²) in [5, 5.41) is 12.1. The number of nitrogens with one attached hydrogen (secondary N) is 1. The normalized spacial score (nSPS) is 29.3. The van der Waals surface area contributed by atoms with Crippen LogP contribution in [0.2, 0.25) is 0 Å². The van der Waals surface area contributed by atoms with Crippen molar-refractivity contribution in [1.29, 1.82) is 0 Å². The minimum absolute atomic E-state index is 0.0595. The van der Waals surface area contributed by atoms with Crippen LogP contribution < -0.4 is 5.32 Å². The van der Waals surface area contributed by atoms with Gasteiger partial charge in [0.1, 0.15) is 5.82 Å². The molecule has 3 rings (SSSR count). The van der Waals surface area contributed by atoms with Crippen molar-refractivity contribution in [3.63, 3.8) is 0 Å². The maximum atomic E-state index is 13.1. The van der Waals surface area contributed by atoms with Crippen molar-refractivity contribution in [3.05, 3.63) is 35.6 Å². The molecule has 2 aliphatic rings. The predicted octanol–water partition coefficient (Wildman–Crippen LogP) is 2.91. The summed E-state index contributed by atoms with van der Waals surface area (Å²) in [5.74, 6) is -1.63. The molecule has 2 N–H and O–H groups in total. The zero-order valence-electron chi connectivity index (χ0n) is 14.1. The Bertz CT molecular complexity index is 618. The molecule has 2 fully saturated rings. The molecule has 136 valence electrons. The summed E-state index contributed by atoms with van der Waals surface area (Å²) in [4.78, 5) is 23.6. The molecule has 6 heteroatoms. The van der Waals surface area contributed by atoms with Crippen molar-refractivity contribution >= 4 is 11.9 Å². The lowest BCUT2D eigenvalue weighted by Crippen LogP contribution is -2.38. The molecule has 2 unspecified atom stereocenters. The second-order valence-corrected chi connectivity index (χ2v) is 7.04. The lowest BCUT2D eigenvalue weighted by molar-refractivity contribution is -0.144. The third-order valence-corrected chi connectivity index (χ3v) is 5.35. The van der Waals surface area contributed by atoms with Gasteiger partial charge in [-0.25, -0.2) is 4.39 Å². The Morgan fingerprint density at radius 2 is 1.88 bits per heavy atom. The fourth-order valence-corrected chi connectivity index (χ4v) is 3.89. The predicted molar refractivity (Wildman–Crippen MR) is 89.3 cm³/mol. The number of carbonyl (C=O) groups excluding carboxylic acids is 1. The number of carbonyl (C=O) groups is 2. The van der Waals surface area contributed by atoms with E-state index in [4.69, 9.17) is 9.84 Å². The standard InChI is InChI=1S/C19H24FNO4/c20-16-6-4-12(5-7-16)17-15(8-9-25-17)11-21-18(22)13-2-1-3-14(10-13)19(23)24/h4-7,13-15,17H,1-3,8-11H2,(H,21,22)(H,23,24)/t13?,14?,15-,17-/m0/s1. The highest BCUT2D eigenvalue weighted by atomic mass is 19.1. The minimum atomic E-state index is -0.807. The Morgan fingerprint density at radius 1 is 1.16 bits per heavy atom. The molecular weight excluding hydrogens is 325 g/mol. The molecule has 0 bridgehead atoms. The van der Waals surface area contributed by atoms with E-state index in [2.05, 4.69) is 5.32 Å². The third-order valence-electron chi connectivity index (χ3n) is 5.35. The Kier molecular flexibility index (Phi) is 5.68. The number of halogens is 1. The number of aliphatic carboxylic acids is 1. The van der Waals surface area contributed by atoms with Gasteiger partial charge in [-0.05, 0) is 43.4 Å². The van der Waals surface area contributed by atoms with E-state index in [0.29, 0.717) is 26.0 Å². The highest BCUT2D eigenvalue weighted by molar-refractivity contribution is 5.80. The monoisotopic (exact) mass is 349 g/mol. The van der Waals surface area contributed by atoms with Crippen LogP contribution in [0.15, 0.2) is 24.3 Å². The van der Waals surface area contributed by atoms with E-state index in [1.54, 1.807) is 12.1 Å². The molecular formula is C19H24FNO4. The van der Waals surface area contributed by atoms with Crippen LogP contribution in [0.4, 0.5) is 4.39 Å². The number of carboxylic acid groups (broad SMARTS) is 1. The van der Waals surface area contributed by atoms with Gasteiger partial charge in [-0.15, -0.1) is 0 Å². The van der Waals surface area contributed by atoms with E-state index in [-0.39, 0.29) is 29.7 Å². The number of benzene rings is 1. The number of amides is 1. The van der Waals surface area contributed by atoms with Gasteiger partial charge in [0, 0.05) is 25.0 Å². The van der Waals surface area contributed by atoms with Gasteiger partial charge in [-0.1, -0.05) is 18.6 Å². The molecule has 0 radical (unpaired) electrons. The van der Waals surface area contributed by atoms with Gasteiger partial charge in [0.25, 0.3) is 0 Å². The van der Waals surface area contributed by atoms with E-state index in [1.165, 1.54) is 12.1 Å². The molecule has 5 nitrogen and oxygen atoms in total.